The zero-order valence-electron chi connectivity index (χ0n) is 10.1. The van der Waals surface area contributed by atoms with Gasteiger partial charge in [-0.05, 0) is 20.3 Å². The van der Waals surface area contributed by atoms with E-state index in [4.69, 9.17) is 10.5 Å². The molecular weight excluding hydrogens is 232 g/mol. The van der Waals surface area contributed by atoms with Crippen molar-refractivity contribution in [3.63, 3.8) is 0 Å². The van der Waals surface area contributed by atoms with Crippen molar-refractivity contribution in [1.29, 1.82) is 0 Å². The highest BCUT2D eigenvalue weighted by Crippen LogP contribution is 1.97. The van der Waals surface area contributed by atoms with E-state index in [1.54, 1.807) is 13.8 Å². The first-order valence-corrected chi connectivity index (χ1v) is 5.22. The second-order valence-corrected chi connectivity index (χ2v) is 3.35. The fraction of sp³-hybridized carbons (Fsp3) is 0.800. The van der Waals surface area contributed by atoms with Gasteiger partial charge in [-0.25, -0.2) is 0 Å². The van der Waals surface area contributed by atoms with Crippen LogP contribution >= 0.6 is 12.4 Å². The molecule has 0 bridgehead atoms. The molecule has 5 nitrogen and oxygen atoms in total. The van der Waals surface area contributed by atoms with Crippen LogP contribution in [0, 0.1) is 0 Å². The van der Waals surface area contributed by atoms with Crippen LogP contribution in [0.2, 0.25) is 0 Å². The molecule has 1 amide bonds. The van der Waals surface area contributed by atoms with Crippen molar-refractivity contribution in [1.82, 2.24) is 4.90 Å². The zero-order valence-corrected chi connectivity index (χ0v) is 10.9. The number of esters is 1. The lowest BCUT2D eigenvalue weighted by molar-refractivity contribution is -0.149. The molecule has 0 aromatic rings. The van der Waals surface area contributed by atoms with Crippen molar-refractivity contribution in [2.24, 2.45) is 5.73 Å². The minimum Gasteiger partial charge on any atom is -0.465 e. The SMILES string of the molecule is CCCN(CC(=O)OCC)C(=O)C(C)N.Cl. The fourth-order valence-corrected chi connectivity index (χ4v) is 1.19. The van der Waals surface area contributed by atoms with Gasteiger partial charge in [0.15, 0.2) is 0 Å². The molecular formula is C10H21ClN2O3. The Kier molecular flexibility index (Phi) is 10.3. The van der Waals surface area contributed by atoms with Crippen LogP contribution in [0.3, 0.4) is 0 Å². The van der Waals surface area contributed by atoms with E-state index < -0.39 is 6.04 Å². The van der Waals surface area contributed by atoms with E-state index in [-0.39, 0.29) is 30.8 Å². The molecule has 0 rings (SSSR count). The predicted molar refractivity (Wildman–Crippen MR) is 64.4 cm³/mol. The molecule has 6 heteroatoms. The quantitative estimate of drug-likeness (QED) is 0.701. The average Bonchev–Trinajstić information content (AvgIpc) is 2.16. The van der Waals surface area contributed by atoms with Gasteiger partial charge in [0, 0.05) is 6.54 Å². The highest BCUT2D eigenvalue weighted by atomic mass is 35.5. The van der Waals surface area contributed by atoms with Gasteiger partial charge >= 0.3 is 5.97 Å². The third kappa shape index (κ3) is 6.63. The van der Waals surface area contributed by atoms with Gasteiger partial charge in [-0.3, -0.25) is 9.59 Å². The largest absolute Gasteiger partial charge is 0.465 e. The Morgan fingerprint density at radius 3 is 2.31 bits per heavy atom. The maximum Gasteiger partial charge on any atom is 0.325 e. The molecule has 0 heterocycles. The molecule has 0 saturated heterocycles. The molecule has 0 aliphatic rings. The van der Waals surface area contributed by atoms with Crippen LogP contribution in [0.25, 0.3) is 0 Å². The molecule has 96 valence electrons. The first-order chi connectivity index (χ1) is 7.02. The minimum absolute atomic E-state index is 0. The number of halogens is 1. The summed E-state index contributed by atoms with van der Waals surface area (Å²) in [7, 11) is 0. The Balaban J connectivity index is 0. The van der Waals surface area contributed by atoms with Crippen LogP contribution in [-0.4, -0.2) is 42.5 Å². The molecule has 0 fully saturated rings. The molecule has 0 aliphatic carbocycles. The van der Waals surface area contributed by atoms with Crippen molar-refractivity contribution >= 4 is 24.3 Å². The Labute approximate surface area is 103 Å². The van der Waals surface area contributed by atoms with E-state index in [0.717, 1.165) is 6.42 Å². The van der Waals surface area contributed by atoms with E-state index in [1.807, 2.05) is 6.92 Å². The maximum atomic E-state index is 11.6. The van der Waals surface area contributed by atoms with Gasteiger partial charge < -0.3 is 15.4 Å². The number of ether oxygens (including phenoxy) is 1. The van der Waals surface area contributed by atoms with E-state index in [9.17, 15) is 9.59 Å². The van der Waals surface area contributed by atoms with Crippen molar-refractivity contribution in [2.75, 3.05) is 19.7 Å². The average molecular weight is 253 g/mol. The molecule has 0 aromatic carbocycles. The summed E-state index contributed by atoms with van der Waals surface area (Å²) >= 11 is 0. The number of rotatable bonds is 6. The summed E-state index contributed by atoms with van der Waals surface area (Å²) < 4.78 is 4.77. The van der Waals surface area contributed by atoms with Crippen LogP contribution in [0.1, 0.15) is 27.2 Å². The second kappa shape index (κ2) is 9.42. The Morgan fingerprint density at radius 2 is 1.94 bits per heavy atom. The highest BCUT2D eigenvalue weighted by Gasteiger charge is 2.19. The van der Waals surface area contributed by atoms with E-state index in [1.165, 1.54) is 4.90 Å². The third-order valence-corrected chi connectivity index (χ3v) is 1.82. The monoisotopic (exact) mass is 252 g/mol. The van der Waals surface area contributed by atoms with Crippen molar-refractivity contribution in [3.05, 3.63) is 0 Å². The van der Waals surface area contributed by atoms with Gasteiger partial charge in [-0.2, -0.15) is 0 Å². The number of carbonyl (C=O) groups is 2. The topological polar surface area (TPSA) is 72.6 Å². The minimum atomic E-state index is -0.578. The molecule has 0 saturated carbocycles. The maximum absolute atomic E-state index is 11.6. The van der Waals surface area contributed by atoms with E-state index in [2.05, 4.69) is 0 Å². The van der Waals surface area contributed by atoms with Gasteiger partial charge in [-0.1, -0.05) is 6.92 Å². The van der Waals surface area contributed by atoms with Crippen LogP contribution in [-0.2, 0) is 14.3 Å². The summed E-state index contributed by atoms with van der Waals surface area (Å²) in [5.74, 6) is -0.607. The van der Waals surface area contributed by atoms with Crippen molar-refractivity contribution in [3.8, 4) is 0 Å². The van der Waals surface area contributed by atoms with Gasteiger partial charge in [0.05, 0.1) is 12.6 Å². The summed E-state index contributed by atoms with van der Waals surface area (Å²) in [5, 5.41) is 0. The molecule has 16 heavy (non-hydrogen) atoms. The zero-order chi connectivity index (χ0) is 11.8. The van der Waals surface area contributed by atoms with Gasteiger partial charge in [-0.15, -0.1) is 12.4 Å². The Bertz CT molecular complexity index is 222. The van der Waals surface area contributed by atoms with Crippen LogP contribution in [0.4, 0.5) is 0 Å². The number of nitrogens with zero attached hydrogens (tertiary/aromatic N) is 1. The molecule has 0 radical (unpaired) electrons. The van der Waals surface area contributed by atoms with Gasteiger partial charge in [0.25, 0.3) is 0 Å². The molecule has 0 aromatic heterocycles. The first kappa shape index (κ1) is 17.6. The molecule has 2 N–H and O–H groups in total. The highest BCUT2D eigenvalue weighted by molar-refractivity contribution is 5.85. The van der Waals surface area contributed by atoms with Crippen molar-refractivity contribution < 1.29 is 14.3 Å². The normalized spacial score (nSPS) is 11.2. The van der Waals surface area contributed by atoms with Crippen LogP contribution < -0.4 is 5.73 Å². The molecule has 1 atom stereocenters. The fourth-order valence-electron chi connectivity index (χ4n) is 1.19. The molecule has 0 aliphatic heterocycles. The number of hydrogen-bond donors (Lipinski definition) is 1. The summed E-state index contributed by atoms with van der Waals surface area (Å²) in [4.78, 5) is 24.2. The lowest BCUT2D eigenvalue weighted by atomic mass is 10.3. The standard InChI is InChI=1S/C10H20N2O3.ClH/c1-4-6-12(10(14)8(3)11)7-9(13)15-5-2;/h8H,4-7,11H2,1-3H3;1H. The van der Waals surface area contributed by atoms with Crippen molar-refractivity contribution in [2.45, 2.75) is 33.2 Å². The van der Waals surface area contributed by atoms with Crippen LogP contribution in [0.15, 0.2) is 0 Å². The predicted octanol–water partition coefficient (Wildman–Crippen LogP) is 0.557. The van der Waals surface area contributed by atoms with Gasteiger partial charge in [0.2, 0.25) is 5.91 Å². The molecule has 1 unspecified atom stereocenters. The number of carbonyl (C=O) groups excluding carboxylic acids is 2. The smallest absolute Gasteiger partial charge is 0.325 e. The van der Waals surface area contributed by atoms with Gasteiger partial charge in [0.1, 0.15) is 6.54 Å². The lowest BCUT2D eigenvalue weighted by Gasteiger charge is -2.22. The summed E-state index contributed by atoms with van der Waals surface area (Å²) in [5.41, 5.74) is 5.47. The van der Waals surface area contributed by atoms with E-state index >= 15 is 0 Å². The number of amides is 1. The first-order valence-electron chi connectivity index (χ1n) is 5.22. The van der Waals surface area contributed by atoms with Crippen LogP contribution in [0.5, 0.6) is 0 Å². The summed E-state index contributed by atoms with van der Waals surface area (Å²) in [6.07, 6.45) is 0.790. The Hall–Kier alpha value is -0.810. The lowest BCUT2D eigenvalue weighted by Crippen LogP contribution is -2.45. The molecule has 0 spiro atoms. The summed E-state index contributed by atoms with van der Waals surface area (Å²) in [6.45, 7) is 6.12. The van der Waals surface area contributed by atoms with E-state index in [0.29, 0.717) is 13.2 Å². The summed E-state index contributed by atoms with van der Waals surface area (Å²) in [6, 6.07) is -0.578. The Morgan fingerprint density at radius 1 is 1.38 bits per heavy atom. The number of hydrogen-bond acceptors (Lipinski definition) is 4. The number of nitrogens with two attached hydrogens (primary N) is 1. The second-order valence-electron chi connectivity index (χ2n) is 3.35. The third-order valence-electron chi connectivity index (χ3n) is 1.82.